The van der Waals surface area contributed by atoms with Crippen LogP contribution in [0.1, 0.15) is 33.1 Å². The van der Waals surface area contributed by atoms with E-state index in [0.29, 0.717) is 24.5 Å². The number of nitrogens with one attached hydrogen (secondary N) is 1. The monoisotopic (exact) mass is 215 g/mol. The highest BCUT2D eigenvalue weighted by Crippen LogP contribution is 2.28. The second kappa shape index (κ2) is 6.46. The smallest absolute Gasteiger partial charge is 0.0638 e. The molecule has 0 bridgehead atoms. The quantitative estimate of drug-likeness (QED) is 0.728. The van der Waals surface area contributed by atoms with Crippen LogP contribution in [0, 0.1) is 11.8 Å². The number of rotatable bonds is 5. The molecule has 3 unspecified atom stereocenters. The Morgan fingerprint density at radius 3 is 2.40 bits per heavy atom. The van der Waals surface area contributed by atoms with Crippen LogP contribution in [0.2, 0.25) is 0 Å². The van der Waals surface area contributed by atoms with E-state index in [1.165, 1.54) is 19.3 Å². The van der Waals surface area contributed by atoms with Crippen molar-refractivity contribution >= 4 is 0 Å². The van der Waals surface area contributed by atoms with Gasteiger partial charge >= 0.3 is 0 Å². The fourth-order valence-corrected chi connectivity index (χ4v) is 2.64. The third-order valence-corrected chi connectivity index (χ3v) is 3.56. The van der Waals surface area contributed by atoms with Crippen molar-refractivity contribution in [3.8, 4) is 0 Å². The predicted molar refractivity (Wildman–Crippen MR) is 61.9 cm³/mol. The van der Waals surface area contributed by atoms with E-state index >= 15 is 0 Å². The summed E-state index contributed by atoms with van der Waals surface area (Å²) in [4.78, 5) is 0. The van der Waals surface area contributed by atoms with E-state index in [0.717, 1.165) is 0 Å². The largest absolute Gasteiger partial charge is 0.395 e. The molecule has 3 heteroatoms. The predicted octanol–water partition coefficient (Wildman–Crippen LogP) is 1.41. The number of aliphatic hydroxyl groups is 1. The van der Waals surface area contributed by atoms with Crippen LogP contribution in [-0.4, -0.2) is 37.5 Å². The topological polar surface area (TPSA) is 41.5 Å². The Labute approximate surface area is 93.2 Å². The Balaban J connectivity index is 2.45. The fourth-order valence-electron chi connectivity index (χ4n) is 2.64. The maximum Gasteiger partial charge on any atom is 0.0638 e. The van der Waals surface area contributed by atoms with Crippen LogP contribution >= 0.6 is 0 Å². The zero-order chi connectivity index (χ0) is 11.3. The summed E-state index contributed by atoms with van der Waals surface area (Å²) < 4.78 is 5.08. The Hall–Kier alpha value is -0.120. The molecule has 90 valence electrons. The zero-order valence-electron chi connectivity index (χ0n) is 10.2. The molecule has 1 saturated carbocycles. The molecule has 1 rings (SSSR count). The molecule has 0 heterocycles. The van der Waals surface area contributed by atoms with Crippen molar-refractivity contribution in [2.45, 2.75) is 45.2 Å². The molecular formula is C12H25NO2. The minimum absolute atomic E-state index is 0.0861. The second-order valence-electron chi connectivity index (χ2n) is 4.91. The lowest BCUT2D eigenvalue weighted by Crippen LogP contribution is -2.50. The SMILES string of the molecule is COCC(CO)NC1C(C)CCCC1C. The number of hydrogen-bond acceptors (Lipinski definition) is 3. The van der Waals surface area contributed by atoms with Gasteiger partial charge < -0.3 is 15.2 Å². The Morgan fingerprint density at radius 1 is 1.33 bits per heavy atom. The molecule has 0 aromatic rings. The lowest BCUT2D eigenvalue weighted by atomic mass is 9.78. The lowest BCUT2D eigenvalue weighted by molar-refractivity contribution is 0.0982. The summed E-state index contributed by atoms with van der Waals surface area (Å²) in [5.74, 6) is 1.42. The molecule has 0 radical (unpaired) electrons. The Kier molecular flexibility index (Phi) is 5.58. The average molecular weight is 215 g/mol. The molecule has 1 aliphatic rings. The van der Waals surface area contributed by atoms with Crippen molar-refractivity contribution in [1.29, 1.82) is 0 Å². The van der Waals surface area contributed by atoms with Crippen molar-refractivity contribution in [3.63, 3.8) is 0 Å². The van der Waals surface area contributed by atoms with E-state index in [1.54, 1.807) is 7.11 Å². The normalized spacial score (nSPS) is 34.0. The van der Waals surface area contributed by atoms with Gasteiger partial charge in [-0.1, -0.05) is 20.3 Å². The van der Waals surface area contributed by atoms with Gasteiger partial charge in [0.1, 0.15) is 0 Å². The van der Waals surface area contributed by atoms with E-state index in [-0.39, 0.29) is 12.6 Å². The van der Waals surface area contributed by atoms with Crippen molar-refractivity contribution < 1.29 is 9.84 Å². The number of ether oxygens (including phenoxy) is 1. The van der Waals surface area contributed by atoms with E-state index in [9.17, 15) is 5.11 Å². The third kappa shape index (κ3) is 3.74. The minimum atomic E-state index is 0.0861. The van der Waals surface area contributed by atoms with Crippen LogP contribution in [0.5, 0.6) is 0 Å². The molecule has 0 aromatic carbocycles. The van der Waals surface area contributed by atoms with Crippen molar-refractivity contribution in [2.24, 2.45) is 11.8 Å². The molecule has 0 amide bonds. The Bertz CT molecular complexity index is 165. The molecule has 0 aromatic heterocycles. The van der Waals surface area contributed by atoms with Crippen molar-refractivity contribution in [2.75, 3.05) is 20.3 Å². The minimum Gasteiger partial charge on any atom is -0.395 e. The highest BCUT2D eigenvalue weighted by Gasteiger charge is 2.29. The van der Waals surface area contributed by atoms with Crippen LogP contribution in [0.25, 0.3) is 0 Å². The van der Waals surface area contributed by atoms with Crippen LogP contribution < -0.4 is 5.32 Å². The molecule has 3 atom stereocenters. The standard InChI is InChI=1S/C12H25NO2/c1-9-5-4-6-10(2)12(9)13-11(7-14)8-15-3/h9-14H,4-8H2,1-3H3. The second-order valence-corrected chi connectivity index (χ2v) is 4.91. The molecule has 0 spiro atoms. The van der Waals surface area contributed by atoms with Crippen LogP contribution in [0.4, 0.5) is 0 Å². The number of aliphatic hydroxyl groups excluding tert-OH is 1. The summed E-state index contributed by atoms with van der Waals surface area (Å²) in [6.07, 6.45) is 3.94. The van der Waals surface area contributed by atoms with Crippen LogP contribution in [0.3, 0.4) is 0 Å². The first-order valence-electron chi connectivity index (χ1n) is 6.04. The summed E-state index contributed by atoms with van der Waals surface area (Å²) in [5, 5.41) is 12.7. The van der Waals surface area contributed by atoms with Gasteiger partial charge in [-0.05, 0) is 24.7 Å². The Morgan fingerprint density at radius 2 is 1.93 bits per heavy atom. The molecule has 0 aliphatic heterocycles. The van der Waals surface area contributed by atoms with Crippen LogP contribution in [0.15, 0.2) is 0 Å². The molecule has 15 heavy (non-hydrogen) atoms. The van der Waals surface area contributed by atoms with Gasteiger partial charge in [-0.2, -0.15) is 0 Å². The van der Waals surface area contributed by atoms with E-state index in [4.69, 9.17) is 4.74 Å². The van der Waals surface area contributed by atoms with Gasteiger partial charge in [0.2, 0.25) is 0 Å². The first-order chi connectivity index (χ1) is 7.19. The lowest BCUT2D eigenvalue weighted by Gasteiger charge is -2.37. The molecule has 0 saturated heterocycles. The van der Waals surface area contributed by atoms with Gasteiger partial charge in [-0.25, -0.2) is 0 Å². The highest BCUT2D eigenvalue weighted by atomic mass is 16.5. The molecule has 3 nitrogen and oxygen atoms in total. The number of methoxy groups -OCH3 is 1. The molecule has 1 fully saturated rings. The van der Waals surface area contributed by atoms with Gasteiger partial charge in [0, 0.05) is 13.2 Å². The summed E-state index contributed by atoms with van der Waals surface area (Å²) in [5.41, 5.74) is 0. The molecule has 2 N–H and O–H groups in total. The maximum atomic E-state index is 9.22. The average Bonchev–Trinajstić information content (AvgIpc) is 2.22. The highest BCUT2D eigenvalue weighted by molar-refractivity contribution is 4.85. The van der Waals surface area contributed by atoms with Crippen molar-refractivity contribution in [1.82, 2.24) is 5.32 Å². The third-order valence-electron chi connectivity index (χ3n) is 3.56. The number of hydrogen-bond donors (Lipinski definition) is 2. The first-order valence-corrected chi connectivity index (χ1v) is 6.04. The van der Waals surface area contributed by atoms with Crippen molar-refractivity contribution in [3.05, 3.63) is 0 Å². The summed E-state index contributed by atoms with van der Waals surface area (Å²) in [6, 6.07) is 0.619. The summed E-state index contributed by atoms with van der Waals surface area (Å²) >= 11 is 0. The van der Waals surface area contributed by atoms with Gasteiger partial charge in [0.15, 0.2) is 0 Å². The summed E-state index contributed by atoms with van der Waals surface area (Å²) in [7, 11) is 1.68. The van der Waals surface area contributed by atoms with Gasteiger partial charge in [-0.15, -0.1) is 0 Å². The summed E-state index contributed by atoms with van der Waals surface area (Å²) in [6.45, 7) is 5.35. The fraction of sp³-hybridized carbons (Fsp3) is 1.00. The van der Waals surface area contributed by atoms with E-state index in [1.807, 2.05) is 0 Å². The van der Waals surface area contributed by atoms with Gasteiger partial charge in [-0.3, -0.25) is 0 Å². The van der Waals surface area contributed by atoms with Gasteiger partial charge in [0.05, 0.1) is 19.3 Å². The van der Waals surface area contributed by atoms with Gasteiger partial charge in [0.25, 0.3) is 0 Å². The first kappa shape index (κ1) is 12.9. The van der Waals surface area contributed by atoms with E-state index in [2.05, 4.69) is 19.2 Å². The molecule has 1 aliphatic carbocycles. The molecular weight excluding hydrogens is 190 g/mol. The van der Waals surface area contributed by atoms with Crippen LogP contribution in [-0.2, 0) is 4.74 Å². The zero-order valence-corrected chi connectivity index (χ0v) is 10.2. The maximum absolute atomic E-state index is 9.22. The van der Waals surface area contributed by atoms with E-state index < -0.39 is 0 Å².